The van der Waals surface area contributed by atoms with Gasteiger partial charge in [-0.15, -0.1) is 0 Å². The second-order valence-electron chi connectivity index (χ2n) is 3.07. The van der Waals surface area contributed by atoms with Crippen LogP contribution in [-0.2, 0) is 19.0 Å². The van der Waals surface area contributed by atoms with Crippen LogP contribution in [0.1, 0.15) is 19.8 Å². The lowest BCUT2D eigenvalue weighted by Crippen LogP contribution is -2.24. The van der Waals surface area contributed by atoms with Gasteiger partial charge in [0, 0.05) is 6.42 Å². The van der Waals surface area contributed by atoms with Gasteiger partial charge in [-0.1, -0.05) is 16.8 Å². The van der Waals surface area contributed by atoms with E-state index in [1.54, 1.807) is 6.92 Å². The number of esters is 1. The van der Waals surface area contributed by atoms with Crippen LogP contribution in [0, 0.1) is 5.41 Å². The van der Waals surface area contributed by atoms with Gasteiger partial charge in [0.25, 0.3) is 0 Å². The number of hydrogen-bond donors (Lipinski definition) is 1. The highest BCUT2D eigenvalue weighted by atomic mass is 32.0. The third kappa shape index (κ3) is 7.25. The summed E-state index contributed by atoms with van der Waals surface area (Å²) in [4.78, 5) is 23.1. The van der Waals surface area contributed by atoms with Crippen molar-refractivity contribution in [2.24, 2.45) is 0 Å². The van der Waals surface area contributed by atoms with Crippen molar-refractivity contribution in [2.45, 2.75) is 26.1 Å². The molecule has 1 atom stereocenters. The van der Waals surface area contributed by atoms with Gasteiger partial charge in [0.05, 0.1) is 6.61 Å². The number of rotatable bonds is 9. The Kier molecular flexibility index (Phi) is 9.99. The molecule has 0 radical (unpaired) electrons. The topological polar surface area (TPSA) is 76.5 Å². The Hall–Kier alpha value is -0.725. The van der Waals surface area contributed by atoms with E-state index in [0.717, 1.165) is 6.40 Å². The Morgan fingerprint density at radius 2 is 2.24 bits per heavy atom. The van der Waals surface area contributed by atoms with E-state index in [2.05, 4.69) is 8.93 Å². The summed E-state index contributed by atoms with van der Waals surface area (Å²) in [5.41, 5.74) is 0. The minimum atomic E-state index is -0.537. The number of hydrogen-bond acceptors (Lipinski definition) is 5. The van der Waals surface area contributed by atoms with Gasteiger partial charge in [0.15, 0.2) is 5.78 Å². The van der Waals surface area contributed by atoms with E-state index in [1.165, 1.54) is 0 Å². The highest BCUT2D eigenvalue weighted by molar-refractivity contribution is 8.03. The fourth-order valence-corrected chi connectivity index (χ4v) is 2.26. The normalized spacial score (nSPS) is 10.6. The minimum absolute atomic E-state index is 0.171. The molecule has 0 saturated carbocycles. The van der Waals surface area contributed by atoms with Crippen molar-refractivity contribution in [3.63, 3.8) is 0 Å². The molecule has 0 aliphatic carbocycles. The molecule has 0 aliphatic rings. The molecular weight excluding hydrogens is 259 g/mol. The average Bonchev–Trinajstić information content (AvgIpc) is 2.30. The third-order valence-corrected chi connectivity index (χ3v) is 3.33. The molecule has 0 aliphatic heterocycles. The summed E-state index contributed by atoms with van der Waals surface area (Å²) in [6, 6.07) is 0. The molecule has 0 spiro atoms. The first-order chi connectivity index (χ1) is 8.17. The molecule has 8 heteroatoms. The summed E-state index contributed by atoms with van der Waals surface area (Å²) < 4.78 is 9.50. The van der Waals surface area contributed by atoms with Crippen molar-refractivity contribution >= 4 is 47.8 Å². The van der Waals surface area contributed by atoms with Crippen molar-refractivity contribution in [3.05, 3.63) is 0 Å². The summed E-state index contributed by atoms with van der Waals surface area (Å²) in [7, 11) is 3.31. The van der Waals surface area contributed by atoms with Crippen molar-refractivity contribution in [2.75, 3.05) is 6.61 Å². The van der Waals surface area contributed by atoms with Crippen molar-refractivity contribution < 1.29 is 19.0 Å². The molecule has 1 unspecified atom stereocenters. The maximum atomic E-state index is 11.7. The number of carbonyl (C=O) groups excluding carboxylic acids is 2. The van der Waals surface area contributed by atoms with Crippen LogP contribution in [-0.4, -0.2) is 37.5 Å². The fourth-order valence-electron chi connectivity index (χ4n) is 1.09. The lowest BCUT2D eigenvalue weighted by Gasteiger charge is -2.04. The number of ether oxygens (including phenoxy) is 1. The molecule has 17 heavy (non-hydrogen) atoms. The van der Waals surface area contributed by atoms with Crippen LogP contribution in [0.25, 0.3) is 0 Å². The SMILES string of the molecule is CCOC(=O)/C(=P\P)C(=O)CCCBOC=N. The molecule has 0 rings (SSSR count). The quantitative estimate of drug-likeness (QED) is 0.130. The van der Waals surface area contributed by atoms with Gasteiger partial charge in [-0.2, -0.15) is 0 Å². The highest BCUT2D eigenvalue weighted by Crippen LogP contribution is 2.14. The summed E-state index contributed by atoms with van der Waals surface area (Å²) in [6.45, 7) is 1.97. The Morgan fingerprint density at radius 3 is 2.76 bits per heavy atom. The second kappa shape index (κ2) is 10.4. The smallest absolute Gasteiger partial charge is 0.346 e. The summed E-state index contributed by atoms with van der Waals surface area (Å²) in [5.74, 6) is -0.722. The molecule has 1 N–H and O–H groups in total. The van der Waals surface area contributed by atoms with Crippen LogP contribution in [0.2, 0.25) is 6.32 Å². The number of carbonyl (C=O) groups is 2. The monoisotopic (exact) mass is 275 g/mol. The van der Waals surface area contributed by atoms with Crippen molar-refractivity contribution in [3.8, 4) is 0 Å². The molecule has 0 heterocycles. The molecular formula is C9H16BNO4P2. The summed E-state index contributed by atoms with van der Waals surface area (Å²) in [5, 5.41) is 6.81. The van der Waals surface area contributed by atoms with Gasteiger partial charge < -0.3 is 9.39 Å². The van der Waals surface area contributed by atoms with Gasteiger partial charge in [-0.25, -0.2) is 4.79 Å². The lowest BCUT2D eigenvalue weighted by molar-refractivity contribution is -0.135. The van der Waals surface area contributed by atoms with Crippen LogP contribution >= 0.6 is 16.8 Å². The molecule has 0 saturated heterocycles. The Bertz CT molecular complexity index is 309. The first kappa shape index (κ1) is 16.3. The maximum Gasteiger partial charge on any atom is 0.346 e. The predicted molar refractivity (Wildman–Crippen MR) is 74.3 cm³/mol. The fraction of sp³-hybridized carbons (Fsp3) is 0.556. The molecule has 94 valence electrons. The van der Waals surface area contributed by atoms with Crippen LogP contribution in [0.5, 0.6) is 0 Å². The molecule has 5 nitrogen and oxygen atoms in total. The van der Waals surface area contributed by atoms with Crippen LogP contribution in [0.3, 0.4) is 0 Å². The average molecular weight is 275 g/mol. The van der Waals surface area contributed by atoms with Crippen LogP contribution in [0.15, 0.2) is 0 Å². The van der Waals surface area contributed by atoms with Crippen LogP contribution < -0.4 is 0 Å². The van der Waals surface area contributed by atoms with Gasteiger partial charge in [-0.3, -0.25) is 10.2 Å². The third-order valence-electron chi connectivity index (χ3n) is 1.86. The van der Waals surface area contributed by atoms with E-state index < -0.39 is 5.97 Å². The highest BCUT2D eigenvalue weighted by Gasteiger charge is 2.18. The number of ketones is 1. The minimum Gasteiger partial charge on any atom is -0.557 e. The van der Waals surface area contributed by atoms with E-state index in [4.69, 9.17) is 14.8 Å². The van der Waals surface area contributed by atoms with Gasteiger partial charge in [-0.05, 0) is 19.7 Å². The molecule has 0 aromatic carbocycles. The maximum absolute atomic E-state index is 11.7. The van der Waals surface area contributed by atoms with E-state index in [0.29, 0.717) is 34.5 Å². The first-order valence-corrected chi connectivity index (χ1v) is 7.77. The molecule has 0 amide bonds. The molecule has 0 fully saturated rings. The standard InChI is InChI=1S/C9H16BNO4P2/c1-2-14-9(13)8(17-16)7(12)4-3-5-10-15-6-11/h6,10-11H,2-5,16H2,1H3. The van der Waals surface area contributed by atoms with Crippen molar-refractivity contribution in [1.29, 1.82) is 5.41 Å². The lowest BCUT2D eigenvalue weighted by atomic mass is 9.91. The van der Waals surface area contributed by atoms with Crippen molar-refractivity contribution in [1.82, 2.24) is 0 Å². The Balaban J connectivity index is 4.01. The van der Waals surface area contributed by atoms with E-state index in [-0.39, 0.29) is 17.7 Å². The first-order valence-electron chi connectivity index (χ1n) is 5.26. The van der Waals surface area contributed by atoms with Gasteiger partial charge >= 0.3 is 13.5 Å². The zero-order valence-electron chi connectivity index (χ0n) is 9.77. The summed E-state index contributed by atoms with van der Waals surface area (Å²) in [6.07, 6.45) is 2.50. The predicted octanol–water partition coefficient (Wildman–Crippen LogP) is 1.20. The largest absolute Gasteiger partial charge is 0.557 e. The van der Waals surface area contributed by atoms with Gasteiger partial charge in [0.1, 0.15) is 11.7 Å². The van der Waals surface area contributed by atoms with Gasteiger partial charge in [0.2, 0.25) is 0 Å². The molecule has 0 aromatic heterocycles. The van der Waals surface area contributed by atoms with E-state index in [1.807, 2.05) is 0 Å². The number of nitrogens with one attached hydrogen (secondary N) is 1. The second-order valence-corrected chi connectivity index (χ2v) is 4.55. The zero-order chi connectivity index (χ0) is 13.1. The Morgan fingerprint density at radius 1 is 1.53 bits per heavy atom. The van der Waals surface area contributed by atoms with E-state index in [9.17, 15) is 9.59 Å². The number of Topliss-reactive ketones (excluding diaryl/α,β-unsaturated/α-hetero) is 1. The molecule has 0 aromatic rings. The van der Waals surface area contributed by atoms with Crippen LogP contribution in [0.4, 0.5) is 0 Å². The Labute approximate surface area is 105 Å². The zero-order valence-corrected chi connectivity index (χ0v) is 11.8. The summed E-state index contributed by atoms with van der Waals surface area (Å²) >= 11 is 0. The van der Waals surface area contributed by atoms with E-state index >= 15 is 0 Å². The molecule has 0 bridgehead atoms.